The van der Waals surface area contributed by atoms with Gasteiger partial charge in [-0.15, -0.1) is 5.10 Å². The topological polar surface area (TPSA) is 81.6 Å². The van der Waals surface area contributed by atoms with Gasteiger partial charge in [0.1, 0.15) is 6.33 Å². The molecule has 0 bridgehead atoms. The van der Waals surface area contributed by atoms with Gasteiger partial charge in [-0.3, -0.25) is 0 Å². The lowest BCUT2D eigenvalue weighted by Gasteiger charge is -2.09. The number of rotatable bonds is 5. The number of aromatic nitrogens is 4. The lowest BCUT2D eigenvalue weighted by molar-refractivity contribution is 0.785. The number of hydrogen-bond donors (Lipinski definition) is 2. The number of nitrogens with one attached hydrogen (secondary N) is 1. The summed E-state index contributed by atoms with van der Waals surface area (Å²) in [6, 6.07) is 6.11. The van der Waals surface area contributed by atoms with E-state index in [1.807, 2.05) is 25.1 Å². The van der Waals surface area contributed by atoms with Gasteiger partial charge >= 0.3 is 0 Å². The second-order valence-electron chi connectivity index (χ2n) is 3.82. The maximum absolute atomic E-state index is 5.45. The van der Waals surface area contributed by atoms with Gasteiger partial charge < -0.3 is 11.1 Å². The molecule has 0 spiro atoms. The molecule has 6 nitrogen and oxygen atoms in total. The second kappa shape index (κ2) is 5.40. The molecule has 2 rings (SSSR count). The van der Waals surface area contributed by atoms with E-state index in [4.69, 9.17) is 5.73 Å². The molecule has 6 heteroatoms. The van der Waals surface area contributed by atoms with Crippen LogP contribution in [0.3, 0.4) is 0 Å². The zero-order chi connectivity index (χ0) is 12.1. The lowest BCUT2D eigenvalue weighted by atomic mass is 10.2. The van der Waals surface area contributed by atoms with Gasteiger partial charge in [-0.1, -0.05) is 6.07 Å². The van der Waals surface area contributed by atoms with Crippen LogP contribution in [0.4, 0.5) is 5.69 Å². The van der Waals surface area contributed by atoms with Crippen molar-refractivity contribution in [3.8, 4) is 5.69 Å². The molecule has 1 aromatic carbocycles. The average Bonchev–Trinajstić information content (AvgIpc) is 2.85. The Bertz CT molecular complexity index is 465. The largest absolute Gasteiger partial charge is 0.385 e. The van der Waals surface area contributed by atoms with Crippen LogP contribution in [0, 0.1) is 6.92 Å². The molecule has 0 fully saturated rings. The van der Waals surface area contributed by atoms with Crippen LogP contribution in [-0.4, -0.2) is 33.3 Å². The first kappa shape index (κ1) is 11.5. The van der Waals surface area contributed by atoms with Crippen LogP contribution in [0.1, 0.15) is 12.0 Å². The normalized spacial score (nSPS) is 10.5. The van der Waals surface area contributed by atoms with E-state index in [1.54, 1.807) is 11.0 Å². The van der Waals surface area contributed by atoms with Crippen LogP contribution in [-0.2, 0) is 0 Å². The highest BCUT2D eigenvalue weighted by atomic mass is 15.5. The van der Waals surface area contributed by atoms with Gasteiger partial charge in [0.15, 0.2) is 0 Å². The summed E-state index contributed by atoms with van der Waals surface area (Å²) in [5.74, 6) is 0. The van der Waals surface area contributed by atoms with Crippen molar-refractivity contribution >= 4 is 5.69 Å². The van der Waals surface area contributed by atoms with E-state index in [0.29, 0.717) is 6.54 Å². The average molecular weight is 232 g/mol. The minimum Gasteiger partial charge on any atom is -0.385 e. The lowest BCUT2D eigenvalue weighted by Crippen LogP contribution is -2.09. The zero-order valence-corrected chi connectivity index (χ0v) is 9.80. The molecule has 0 aliphatic heterocycles. The molecule has 1 aromatic heterocycles. The second-order valence-corrected chi connectivity index (χ2v) is 3.82. The van der Waals surface area contributed by atoms with Crippen LogP contribution in [0.25, 0.3) is 5.69 Å². The number of nitrogens with zero attached hydrogens (tertiary/aromatic N) is 4. The third-order valence-electron chi connectivity index (χ3n) is 2.51. The number of nitrogens with two attached hydrogens (primary N) is 1. The van der Waals surface area contributed by atoms with E-state index in [0.717, 1.165) is 29.9 Å². The van der Waals surface area contributed by atoms with E-state index in [9.17, 15) is 0 Å². The summed E-state index contributed by atoms with van der Waals surface area (Å²) in [7, 11) is 0. The van der Waals surface area contributed by atoms with E-state index in [-0.39, 0.29) is 0 Å². The Balaban J connectivity index is 2.18. The third kappa shape index (κ3) is 2.79. The monoisotopic (exact) mass is 232 g/mol. The molecular weight excluding hydrogens is 216 g/mol. The van der Waals surface area contributed by atoms with Crippen molar-refractivity contribution in [1.82, 2.24) is 20.2 Å². The molecule has 3 N–H and O–H groups in total. The Hall–Kier alpha value is -1.95. The predicted molar refractivity (Wildman–Crippen MR) is 66.1 cm³/mol. The fourth-order valence-corrected chi connectivity index (χ4v) is 1.57. The summed E-state index contributed by atoms with van der Waals surface area (Å²) in [5, 5.41) is 14.5. The summed E-state index contributed by atoms with van der Waals surface area (Å²) in [4.78, 5) is 0. The molecule has 0 amide bonds. The molecule has 0 saturated carbocycles. The highest BCUT2D eigenvalue weighted by Crippen LogP contribution is 2.18. The first-order chi connectivity index (χ1) is 8.31. The van der Waals surface area contributed by atoms with Crippen molar-refractivity contribution in [3.05, 3.63) is 30.1 Å². The van der Waals surface area contributed by atoms with Crippen molar-refractivity contribution in [2.24, 2.45) is 5.73 Å². The van der Waals surface area contributed by atoms with Gasteiger partial charge in [0, 0.05) is 12.2 Å². The van der Waals surface area contributed by atoms with Crippen molar-refractivity contribution < 1.29 is 0 Å². The van der Waals surface area contributed by atoms with Crippen molar-refractivity contribution in [2.75, 3.05) is 18.4 Å². The summed E-state index contributed by atoms with van der Waals surface area (Å²) >= 11 is 0. The molecule has 0 unspecified atom stereocenters. The Morgan fingerprint density at radius 2 is 2.29 bits per heavy atom. The fraction of sp³-hybridized carbons (Fsp3) is 0.364. The Labute approximate surface area is 99.8 Å². The summed E-state index contributed by atoms with van der Waals surface area (Å²) in [6.45, 7) is 3.59. The smallest absolute Gasteiger partial charge is 0.143 e. The Kier molecular flexibility index (Phi) is 3.66. The Morgan fingerprint density at radius 1 is 1.41 bits per heavy atom. The molecule has 0 radical (unpaired) electrons. The fourth-order valence-electron chi connectivity index (χ4n) is 1.57. The van der Waals surface area contributed by atoms with Crippen LogP contribution < -0.4 is 11.1 Å². The quantitative estimate of drug-likeness (QED) is 0.743. The third-order valence-corrected chi connectivity index (χ3v) is 2.51. The molecular formula is C11H16N6. The SMILES string of the molecule is Cc1ccc(NCCCN)cc1-n1cnnn1. The number of hydrogen-bond acceptors (Lipinski definition) is 5. The van der Waals surface area contributed by atoms with Crippen LogP contribution in [0.15, 0.2) is 24.5 Å². The van der Waals surface area contributed by atoms with Crippen LogP contribution in [0.2, 0.25) is 0 Å². The molecule has 1 heterocycles. The minimum atomic E-state index is 0.693. The van der Waals surface area contributed by atoms with E-state index in [1.165, 1.54) is 0 Å². The molecule has 17 heavy (non-hydrogen) atoms. The summed E-state index contributed by atoms with van der Waals surface area (Å²) < 4.78 is 1.66. The maximum Gasteiger partial charge on any atom is 0.143 e. The predicted octanol–water partition coefficient (Wildman–Crippen LogP) is 0.731. The summed E-state index contributed by atoms with van der Waals surface area (Å²) in [6.07, 6.45) is 2.54. The molecule has 0 aliphatic rings. The van der Waals surface area contributed by atoms with Gasteiger partial charge in [-0.05, 0) is 48.0 Å². The van der Waals surface area contributed by atoms with Gasteiger partial charge in [0.25, 0.3) is 0 Å². The Morgan fingerprint density at radius 3 is 3.00 bits per heavy atom. The van der Waals surface area contributed by atoms with Gasteiger partial charge in [-0.2, -0.15) is 0 Å². The van der Waals surface area contributed by atoms with Crippen molar-refractivity contribution in [2.45, 2.75) is 13.3 Å². The molecule has 90 valence electrons. The summed E-state index contributed by atoms with van der Waals surface area (Å²) in [5.41, 5.74) is 8.61. The van der Waals surface area contributed by atoms with Crippen LogP contribution in [0.5, 0.6) is 0 Å². The van der Waals surface area contributed by atoms with E-state index < -0.39 is 0 Å². The van der Waals surface area contributed by atoms with E-state index >= 15 is 0 Å². The van der Waals surface area contributed by atoms with Gasteiger partial charge in [0.05, 0.1) is 5.69 Å². The zero-order valence-electron chi connectivity index (χ0n) is 9.80. The number of benzene rings is 1. The van der Waals surface area contributed by atoms with Crippen molar-refractivity contribution in [1.29, 1.82) is 0 Å². The number of tetrazole rings is 1. The number of aryl methyl sites for hydroxylation is 1. The van der Waals surface area contributed by atoms with Gasteiger partial charge in [0.2, 0.25) is 0 Å². The first-order valence-corrected chi connectivity index (χ1v) is 5.59. The van der Waals surface area contributed by atoms with Crippen LogP contribution >= 0.6 is 0 Å². The molecule has 0 saturated heterocycles. The standard InChI is InChI=1S/C11H16N6/c1-9-3-4-10(13-6-2-5-12)7-11(9)17-8-14-15-16-17/h3-4,7-8,13H,2,5-6,12H2,1H3. The number of anilines is 1. The van der Waals surface area contributed by atoms with Gasteiger partial charge in [-0.25, -0.2) is 4.68 Å². The molecule has 0 aliphatic carbocycles. The minimum absolute atomic E-state index is 0.693. The van der Waals surface area contributed by atoms with Crippen molar-refractivity contribution in [3.63, 3.8) is 0 Å². The molecule has 0 atom stereocenters. The molecule has 2 aromatic rings. The maximum atomic E-state index is 5.45. The van der Waals surface area contributed by atoms with E-state index in [2.05, 4.69) is 20.8 Å². The first-order valence-electron chi connectivity index (χ1n) is 5.59. The highest BCUT2D eigenvalue weighted by molar-refractivity contribution is 5.54. The highest BCUT2D eigenvalue weighted by Gasteiger charge is 2.03.